The number of hydrogen-bond donors (Lipinski definition) is 2. The fraction of sp³-hybridized carbons (Fsp3) is 0.458. The minimum absolute atomic E-state index is 0.362. The summed E-state index contributed by atoms with van der Waals surface area (Å²) in [5, 5.41) is 7.77. The van der Waals surface area contributed by atoms with E-state index in [1.807, 2.05) is 18.2 Å². The van der Waals surface area contributed by atoms with Gasteiger partial charge >= 0.3 is 0 Å². The van der Waals surface area contributed by atoms with Gasteiger partial charge in [0, 0.05) is 55.2 Å². The molecule has 166 valence electrons. The van der Waals surface area contributed by atoms with Crippen molar-refractivity contribution in [3.8, 4) is 0 Å². The Kier molecular flexibility index (Phi) is 7.54. The highest BCUT2D eigenvalue weighted by molar-refractivity contribution is 6.30. The first-order chi connectivity index (χ1) is 15.2. The zero-order chi connectivity index (χ0) is 21.5. The number of anilines is 2. The molecule has 2 aliphatic rings. The van der Waals surface area contributed by atoms with Gasteiger partial charge in [-0.25, -0.2) is 4.99 Å². The average Bonchev–Trinajstić information content (AvgIpc) is 3.27. The number of nitrogens with zero attached hydrogens (tertiary/aromatic N) is 3. The molecule has 2 aromatic rings. The molecule has 0 aromatic heterocycles. The van der Waals surface area contributed by atoms with Crippen LogP contribution in [0.1, 0.15) is 18.9 Å². The van der Waals surface area contributed by atoms with Crippen LogP contribution in [-0.2, 0) is 11.3 Å². The minimum atomic E-state index is 0.362. The van der Waals surface area contributed by atoms with Crippen LogP contribution in [0, 0.1) is 0 Å². The Bertz CT molecular complexity index is 867. The Morgan fingerprint density at radius 3 is 2.61 bits per heavy atom. The number of guanidine groups is 1. The SMILES string of the molecule is CCNC(=NCc1ccc(N2CCOCC2)cc1)NC1CCN(c2cccc(Cl)c2)C1. The van der Waals surface area contributed by atoms with Gasteiger partial charge in [-0.05, 0) is 49.2 Å². The van der Waals surface area contributed by atoms with Crippen molar-refractivity contribution in [1.29, 1.82) is 0 Å². The van der Waals surface area contributed by atoms with Gasteiger partial charge in [0.25, 0.3) is 0 Å². The summed E-state index contributed by atoms with van der Waals surface area (Å²) in [5.41, 5.74) is 3.65. The molecule has 0 spiro atoms. The molecule has 6 nitrogen and oxygen atoms in total. The van der Waals surface area contributed by atoms with E-state index in [0.29, 0.717) is 12.6 Å². The molecule has 0 amide bonds. The van der Waals surface area contributed by atoms with Crippen LogP contribution in [0.15, 0.2) is 53.5 Å². The number of morpholine rings is 1. The molecule has 2 saturated heterocycles. The monoisotopic (exact) mass is 441 g/mol. The number of hydrogen-bond acceptors (Lipinski definition) is 4. The summed E-state index contributed by atoms with van der Waals surface area (Å²) >= 11 is 6.16. The van der Waals surface area contributed by atoms with Gasteiger partial charge in [0.15, 0.2) is 5.96 Å². The molecule has 31 heavy (non-hydrogen) atoms. The van der Waals surface area contributed by atoms with Crippen LogP contribution in [0.3, 0.4) is 0 Å². The largest absolute Gasteiger partial charge is 0.378 e. The number of aliphatic imine (C=N–C) groups is 1. The van der Waals surface area contributed by atoms with Crippen LogP contribution in [0.25, 0.3) is 0 Å². The second kappa shape index (κ2) is 10.7. The third-order valence-electron chi connectivity index (χ3n) is 5.78. The van der Waals surface area contributed by atoms with Gasteiger partial charge in [0.1, 0.15) is 0 Å². The minimum Gasteiger partial charge on any atom is -0.378 e. The standard InChI is InChI=1S/C24H32ClN5O/c1-2-26-24(28-21-10-11-30(18-21)23-5-3-4-20(25)16-23)27-17-19-6-8-22(9-7-19)29-12-14-31-15-13-29/h3-9,16,21H,2,10-15,17-18H2,1H3,(H2,26,27,28). The van der Waals surface area contributed by atoms with Crippen LogP contribution in [0.5, 0.6) is 0 Å². The molecule has 2 N–H and O–H groups in total. The van der Waals surface area contributed by atoms with Crippen LogP contribution in [-0.4, -0.2) is 57.9 Å². The number of halogens is 1. The van der Waals surface area contributed by atoms with Gasteiger partial charge in [-0.15, -0.1) is 0 Å². The third-order valence-corrected chi connectivity index (χ3v) is 6.01. The Hall–Kier alpha value is -2.44. The van der Waals surface area contributed by atoms with Gasteiger partial charge in [0.2, 0.25) is 0 Å². The van der Waals surface area contributed by atoms with Gasteiger partial charge < -0.3 is 25.2 Å². The molecule has 2 aromatic carbocycles. The Labute approximate surface area is 190 Å². The maximum atomic E-state index is 6.16. The van der Waals surface area contributed by atoms with Crippen LogP contribution in [0.4, 0.5) is 11.4 Å². The maximum absolute atomic E-state index is 6.16. The maximum Gasteiger partial charge on any atom is 0.191 e. The lowest BCUT2D eigenvalue weighted by molar-refractivity contribution is 0.122. The topological polar surface area (TPSA) is 52.1 Å². The van der Waals surface area contributed by atoms with Crippen molar-refractivity contribution in [2.24, 2.45) is 4.99 Å². The Balaban J connectivity index is 1.33. The summed E-state index contributed by atoms with van der Waals surface area (Å²) in [6, 6.07) is 17.2. The van der Waals surface area contributed by atoms with Crippen molar-refractivity contribution in [1.82, 2.24) is 10.6 Å². The molecule has 2 aliphatic heterocycles. The summed E-state index contributed by atoms with van der Waals surface area (Å²) < 4.78 is 5.44. The highest BCUT2D eigenvalue weighted by Crippen LogP contribution is 2.23. The molecule has 2 heterocycles. The lowest BCUT2D eigenvalue weighted by atomic mass is 10.2. The molecule has 1 atom stereocenters. The van der Waals surface area contributed by atoms with Crippen molar-refractivity contribution in [2.45, 2.75) is 25.9 Å². The lowest BCUT2D eigenvalue weighted by Gasteiger charge is -2.28. The summed E-state index contributed by atoms with van der Waals surface area (Å²) in [5.74, 6) is 0.873. The molecular formula is C24H32ClN5O. The van der Waals surface area contributed by atoms with E-state index in [9.17, 15) is 0 Å². The first-order valence-electron chi connectivity index (χ1n) is 11.2. The molecule has 0 radical (unpaired) electrons. The summed E-state index contributed by atoms with van der Waals surface area (Å²) in [6.07, 6.45) is 1.07. The van der Waals surface area contributed by atoms with Crippen molar-refractivity contribution in [2.75, 3.05) is 55.7 Å². The van der Waals surface area contributed by atoms with E-state index < -0.39 is 0 Å². The third kappa shape index (κ3) is 6.05. The van der Waals surface area contributed by atoms with Crippen molar-refractivity contribution < 1.29 is 4.74 Å². The smallest absolute Gasteiger partial charge is 0.191 e. The van der Waals surface area contributed by atoms with Crippen LogP contribution < -0.4 is 20.4 Å². The van der Waals surface area contributed by atoms with E-state index in [1.165, 1.54) is 16.9 Å². The normalized spacial score (nSPS) is 19.5. The molecule has 2 fully saturated rings. The summed E-state index contributed by atoms with van der Waals surface area (Å²) in [6.45, 7) is 9.08. The number of benzene rings is 2. The highest BCUT2D eigenvalue weighted by atomic mass is 35.5. The summed E-state index contributed by atoms with van der Waals surface area (Å²) in [4.78, 5) is 9.56. The average molecular weight is 442 g/mol. The quantitative estimate of drug-likeness (QED) is 0.530. The Morgan fingerprint density at radius 1 is 1.06 bits per heavy atom. The number of rotatable bonds is 6. The first-order valence-corrected chi connectivity index (χ1v) is 11.6. The van der Waals surface area contributed by atoms with Crippen molar-refractivity contribution >= 4 is 28.9 Å². The molecular weight excluding hydrogens is 410 g/mol. The van der Waals surface area contributed by atoms with Crippen molar-refractivity contribution in [3.05, 3.63) is 59.1 Å². The Morgan fingerprint density at radius 2 is 1.87 bits per heavy atom. The predicted octanol–water partition coefficient (Wildman–Crippen LogP) is 3.51. The molecule has 0 bridgehead atoms. The van der Waals surface area contributed by atoms with Crippen LogP contribution >= 0.6 is 11.6 Å². The van der Waals surface area contributed by atoms with Crippen molar-refractivity contribution in [3.63, 3.8) is 0 Å². The second-order valence-electron chi connectivity index (χ2n) is 8.02. The molecule has 7 heteroatoms. The number of ether oxygens (including phenoxy) is 1. The van der Waals surface area contributed by atoms with Gasteiger partial charge in [-0.1, -0.05) is 29.8 Å². The first kappa shape index (κ1) is 21.8. The molecule has 0 saturated carbocycles. The lowest BCUT2D eigenvalue weighted by Crippen LogP contribution is -2.44. The molecule has 1 unspecified atom stereocenters. The summed E-state index contributed by atoms with van der Waals surface area (Å²) in [7, 11) is 0. The van der Waals surface area contributed by atoms with Crippen LogP contribution in [0.2, 0.25) is 5.02 Å². The van der Waals surface area contributed by atoms with E-state index in [2.05, 4.69) is 57.7 Å². The molecule has 0 aliphatic carbocycles. The molecule has 4 rings (SSSR count). The highest BCUT2D eigenvalue weighted by Gasteiger charge is 2.23. The van der Waals surface area contributed by atoms with E-state index in [4.69, 9.17) is 21.3 Å². The van der Waals surface area contributed by atoms with E-state index in [1.54, 1.807) is 0 Å². The van der Waals surface area contributed by atoms with Gasteiger partial charge in [-0.3, -0.25) is 0 Å². The predicted molar refractivity (Wildman–Crippen MR) is 129 cm³/mol. The van der Waals surface area contributed by atoms with E-state index in [0.717, 1.165) is 63.3 Å². The van der Waals surface area contributed by atoms with Gasteiger partial charge in [0.05, 0.1) is 19.8 Å². The fourth-order valence-corrected chi connectivity index (χ4v) is 4.29. The zero-order valence-corrected chi connectivity index (χ0v) is 18.9. The number of nitrogens with one attached hydrogen (secondary N) is 2. The second-order valence-corrected chi connectivity index (χ2v) is 8.45. The van der Waals surface area contributed by atoms with E-state index >= 15 is 0 Å². The van der Waals surface area contributed by atoms with E-state index in [-0.39, 0.29) is 0 Å². The zero-order valence-electron chi connectivity index (χ0n) is 18.2. The van der Waals surface area contributed by atoms with Gasteiger partial charge in [-0.2, -0.15) is 0 Å². The fourth-order valence-electron chi connectivity index (χ4n) is 4.10.